The summed E-state index contributed by atoms with van der Waals surface area (Å²) in [5, 5.41) is 3.01. The van der Waals surface area contributed by atoms with Gasteiger partial charge in [-0.1, -0.05) is 20.8 Å². The van der Waals surface area contributed by atoms with Crippen LogP contribution in [0.15, 0.2) is 16.3 Å². The van der Waals surface area contributed by atoms with E-state index >= 15 is 0 Å². The van der Waals surface area contributed by atoms with Gasteiger partial charge in [-0.15, -0.1) is 11.3 Å². The predicted molar refractivity (Wildman–Crippen MR) is 76.3 cm³/mol. The molecule has 1 heterocycles. The zero-order chi connectivity index (χ0) is 13.8. The standard InChI is InChI=1S/C12H22N2O2S2/c1-9(2)10(3)7-14-18(15,16)12-6-5-11(17-12)8-13-4/h5-6,9-10,13-14H,7-8H2,1-4H3. The number of rotatable bonds is 7. The first-order chi connectivity index (χ1) is 8.36. The fourth-order valence-electron chi connectivity index (χ4n) is 1.32. The normalized spacial score (nSPS) is 14.1. The third-order valence-electron chi connectivity index (χ3n) is 2.99. The number of thiophene rings is 1. The molecule has 18 heavy (non-hydrogen) atoms. The van der Waals surface area contributed by atoms with Crippen LogP contribution in [-0.4, -0.2) is 22.0 Å². The smallest absolute Gasteiger partial charge is 0.250 e. The van der Waals surface area contributed by atoms with Crippen molar-refractivity contribution in [1.29, 1.82) is 0 Å². The average molecular weight is 290 g/mol. The highest BCUT2D eigenvalue weighted by molar-refractivity contribution is 7.91. The van der Waals surface area contributed by atoms with Crippen molar-refractivity contribution in [2.75, 3.05) is 13.6 Å². The zero-order valence-corrected chi connectivity index (χ0v) is 13.0. The first-order valence-corrected chi connectivity index (χ1v) is 8.39. The summed E-state index contributed by atoms with van der Waals surface area (Å²) in [5.41, 5.74) is 0. The summed E-state index contributed by atoms with van der Waals surface area (Å²) in [6, 6.07) is 3.52. The SMILES string of the molecule is CNCc1ccc(S(=O)(=O)NCC(C)C(C)C)s1. The molecule has 0 saturated carbocycles. The van der Waals surface area contributed by atoms with Crippen LogP contribution in [0.2, 0.25) is 0 Å². The minimum absolute atomic E-state index is 0.330. The largest absolute Gasteiger partial charge is 0.315 e. The Morgan fingerprint density at radius 2 is 1.94 bits per heavy atom. The fourth-order valence-corrected chi connectivity index (χ4v) is 3.88. The van der Waals surface area contributed by atoms with Crippen molar-refractivity contribution in [3.8, 4) is 0 Å². The third kappa shape index (κ3) is 4.35. The molecule has 0 aliphatic heterocycles. The summed E-state index contributed by atoms with van der Waals surface area (Å²) < 4.78 is 27.2. The van der Waals surface area contributed by atoms with Crippen molar-refractivity contribution in [3.05, 3.63) is 17.0 Å². The Morgan fingerprint density at radius 1 is 1.28 bits per heavy atom. The quantitative estimate of drug-likeness (QED) is 0.808. The summed E-state index contributed by atoms with van der Waals surface area (Å²) in [6.45, 7) is 7.42. The van der Waals surface area contributed by atoms with E-state index in [1.165, 1.54) is 11.3 Å². The maximum Gasteiger partial charge on any atom is 0.250 e. The Morgan fingerprint density at radius 3 is 2.50 bits per heavy atom. The molecule has 0 amide bonds. The average Bonchev–Trinajstić information content (AvgIpc) is 2.75. The molecule has 0 aliphatic rings. The number of hydrogen-bond acceptors (Lipinski definition) is 4. The van der Waals surface area contributed by atoms with Crippen molar-refractivity contribution in [1.82, 2.24) is 10.0 Å². The summed E-state index contributed by atoms with van der Waals surface area (Å²) in [7, 11) is -1.50. The molecule has 1 aromatic heterocycles. The molecule has 6 heteroatoms. The van der Waals surface area contributed by atoms with Crippen LogP contribution in [0.3, 0.4) is 0 Å². The lowest BCUT2D eigenvalue weighted by Crippen LogP contribution is -2.29. The molecule has 1 unspecified atom stereocenters. The monoisotopic (exact) mass is 290 g/mol. The summed E-state index contributed by atoms with van der Waals surface area (Å²) in [5.74, 6) is 0.799. The van der Waals surface area contributed by atoms with Gasteiger partial charge in [0.1, 0.15) is 4.21 Å². The van der Waals surface area contributed by atoms with Crippen LogP contribution in [0.5, 0.6) is 0 Å². The van der Waals surface area contributed by atoms with Crippen LogP contribution in [-0.2, 0) is 16.6 Å². The van der Waals surface area contributed by atoms with E-state index in [1.54, 1.807) is 6.07 Å². The Kier molecular flexibility index (Phi) is 5.78. The molecule has 1 aromatic rings. The van der Waals surface area contributed by atoms with Crippen LogP contribution in [0.4, 0.5) is 0 Å². The predicted octanol–water partition coefficient (Wildman–Crippen LogP) is 2.04. The molecule has 1 rings (SSSR count). The minimum atomic E-state index is -3.35. The lowest BCUT2D eigenvalue weighted by molar-refractivity contribution is 0.415. The van der Waals surface area contributed by atoms with Crippen LogP contribution >= 0.6 is 11.3 Å². The van der Waals surface area contributed by atoms with E-state index in [4.69, 9.17) is 0 Å². The molecule has 0 saturated heterocycles. The maximum atomic E-state index is 12.1. The number of nitrogens with one attached hydrogen (secondary N) is 2. The fraction of sp³-hybridized carbons (Fsp3) is 0.667. The molecule has 4 nitrogen and oxygen atoms in total. The van der Waals surface area contributed by atoms with E-state index in [2.05, 4.69) is 23.9 Å². The van der Waals surface area contributed by atoms with Crippen LogP contribution in [0.25, 0.3) is 0 Å². The highest BCUT2D eigenvalue weighted by Crippen LogP contribution is 2.21. The molecule has 0 spiro atoms. The van der Waals surface area contributed by atoms with Gasteiger partial charge in [-0.3, -0.25) is 0 Å². The van der Waals surface area contributed by atoms with Crippen LogP contribution in [0, 0.1) is 11.8 Å². The van der Waals surface area contributed by atoms with Crippen molar-refractivity contribution in [2.45, 2.75) is 31.5 Å². The van der Waals surface area contributed by atoms with Gasteiger partial charge in [0.2, 0.25) is 10.0 Å². The van der Waals surface area contributed by atoms with Gasteiger partial charge in [-0.05, 0) is 31.0 Å². The molecule has 1 atom stereocenters. The first-order valence-electron chi connectivity index (χ1n) is 6.09. The second kappa shape index (κ2) is 6.65. The number of sulfonamides is 1. The molecule has 2 N–H and O–H groups in total. The molecule has 0 bridgehead atoms. The van der Waals surface area contributed by atoms with E-state index in [9.17, 15) is 8.42 Å². The lowest BCUT2D eigenvalue weighted by Gasteiger charge is -2.15. The van der Waals surface area contributed by atoms with Crippen molar-refractivity contribution in [3.63, 3.8) is 0 Å². The highest BCUT2D eigenvalue weighted by atomic mass is 32.2. The van der Waals surface area contributed by atoms with E-state index in [0.717, 1.165) is 4.88 Å². The van der Waals surface area contributed by atoms with Gasteiger partial charge >= 0.3 is 0 Å². The summed E-state index contributed by atoms with van der Waals surface area (Å²) in [6.07, 6.45) is 0. The van der Waals surface area contributed by atoms with Gasteiger partial charge in [0.25, 0.3) is 0 Å². The molecule has 0 fully saturated rings. The number of hydrogen-bond donors (Lipinski definition) is 2. The molecule has 0 aliphatic carbocycles. The van der Waals surface area contributed by atoms with Crippen LogP contribution in [0.1, 0.15) is 25.6 Å². The van der Waals surface area contributed by atoms with Gasteiger partial charge in [-0.2, -0.15) is 0 Å². The third-order valence-corrected chi connectivity index (χ3v) is 5.99. The van der Waals surface area contributed by atoms with E-state index in [0.29, 0.717) is 29.1 Å². The molecular weight excluding hydrogens is 268 g/mol. The zero-order valence-electron chi connectivity index (χ0n) is 11.4. The second-order valence-corrected chi connectivity index (χ2v) is 7.99. The van der Waals surface area contributed by atoms with E-state index in [1.807, 2.05) is 20.0 Å². The Hall–Kier alpha value is -0.430. The second-order valence-electron chi connectivity index (χ2n) is 4.82. The van der Waals surface area contributed by atoms with Gasteiger partial charge in [0, 0.05) is 18.0 Å². The molecule has 104 valence electrons. The maximum absolute atomic E-state index is 12.1. The van der Waals surface area contributed by atoms with Gasteiger partial charge < -0.3 is 5.32 Å². The summed E-state index contributed by atoms with van der Waals surface area (Å²) in [4.78, 5) is 1.02. The van der Waals surface area contributed by atoms with Crippen LogP contribution < -0.4 is 10.0 Å². The molecule has 0 aromatic carbocycles. The topological polar surface area (TPSA) is 58.2 Å². The first kappa shape index (κ1) is 15.6. The molecular formula is C12H22N2O2S2. The Labute approximate surface area is 114 Å². The Bertz CT molecular complexity index is 466. The molecule has 0 radical (unpaired) electrons. The van der Waals surface area contributed by atoms with E-state index in [-0.39, 0.29) is 0 Å². The van der Waals surface area contributed by atoms with Gasteiger partial charge in [0.15, 0.2) is 0 Å². The van der Waals surface area contributed by atoms with Crippen molar-refractivity contribution in [2.24, 2.45) is 11.8 Å². The highest BCUT2D eigenvalue weighted by Gasteiger charge is 2.18. The van der Waals surface area contributed by atoms with Gasteiger partial charge in [-0.25, -0.2) is 13.1 Å². The van der Waals surface area contributed by atoms with Crippen molar-refractivity contribution >= 4 is 21.4 Å². The van der Waals surface area contributed by atoms with Gasteiger partial charge in [0.05, 0.1) is 0 Å². The Balaban J connectivity index is 2.68. The minimum Gasteiger partial charge on any atom is -0.315 e. The van der Waals surface area contributed by atoms with Crippen molar-refractivity contribution < 1.29 is 8.42 Å². The van der Waals surface area contributed by atoms with E-state index < -0.39 is 10.0 Å². The summed E-state index contributed by atoms with van der Waals surface area (Å²) >= 11 is 1.31. The lowest BCUT2D eigenvalue weighted by atomic mass is 9.99.